The fraction of sp³-hybridized carbons (Fsp3) is 0.478. The highest BCUT2D eigenvalue weighted by atomic mass is 16.5. The van der Waals surface area contributed by atoms with Gasteiger partial charge >= 0.3 is 0 Å². The molecule has 3 aromatic heterocycles. The van der Waals surface area contributed by atoms with Gasteiger partial charge in [0.15, 0.2) is 17.6 Å². The molecule has 1 N–H and O–H groups in total. The number of aromatic nitrogens is 4. The molecule has 32 heavy (non-hydrogen) atoms. The fourth-order valence-corrected chi connectivity index (χ4v) is 4.37. The Morgan fingerprint density at radius 3 is 2.72 bits per heavy atom. The van der Waals surface area contributed by atoms with Crippen molar-refractivity contribution in [3.63, 3.8) is 0 Å². The highest BCUT2D eigenvalue weighted by Gasteiger charge is 2.32. The first-order valence-electron chi connectivity index (χ1n) is 11.3. The van der Waals surface area contributed by atoms with Crippen molar-refractivity contribution in [3.05, 3.63) is 36.0 Å². The van der Waals surface area contributed by atoms with Gasteiger partial charge in [0.05, 0.1) is 26.4 Å². The Kier molecular flexibility index (Phi) is 4.99. The lowest BCUT2D eigenvalue weighted by Crippen LogP contribution is -2.53. The molecule has 166 valence electrons. The van der Waals surface area contributed by atoms with Crippen LogP contribution in [0.4, 0.5) is 5.82 Å². The number of hydrogen-bond acceptors (Lipinski definition) is 7. The second-order valence-corrected chi connectivity index (χ2v) is 8.59. The lowest BCUT2D eigenvalue weighted by molar-refractivity contribution is -0.148. The van der Waals surface area contributed by atoms with Crippen molar-refractivity contribution in [1.82, 2.24) is 24.8 Å². The number of anilines is 1. The van der Waals surface area contributed by atoms with Gasteiger partial charge in [0, 0.05) is 31.2 Å². The van der Waals surface area contributed by atoms with E-state index >= 15 is 0 Å². The summed E-state index contributed by atoms with van der Waals surface area (Å²) in [7, 11) is 0. The molecule has 0 bridgehead atoms. The van der Waals surface area contributed by atoms with Crippen LogP contribution in [0, 0.1) is 0 Å². The zero-order valence-electron chi connectivity index (χ0n) is 17.9. The van der Waals surface area contributed by atoms with Crippen molar-refractivity contribution >= 4 is 22.9 Å². The monoisotopic (exact) mass is 434 g/mol. The number of nitrogens with zero attached hydrogens (tertiary/aromatic N) is 5. The number of imidazole rings is 1. The Morgan fingerprint density at radius 1 is 1.00 bits per heavy atom. The Balaban J connectivity index is 1.21. The Morgan fingerprint density at radius 2 is 1.88 bits per heavy atom. The van der Waals surface area contributed by atoms with Crippen molar-refractivity contribution in [2.24, 2.45) is 0 Å². The summed E-state index contributed by atoms with van der Waals surface area (Å²) in [6, 6.07) is 10.0. The number of morpholine rings is 2. The van der Waals surface area contributed by atoms with Gasteiger partial charge in [-0.25, -0.2) is 15.0 Å². The predicted octanol–water partition coefficient (Wildman–Crippen LogP) is 1.96. The van der Waals surface area contributed by atoms with Gasteiger partial charge in [-0.05, 0) is 37.1 Å². The van der Waals surface area contributed by atoms with Crippen molar-refractivity contribution in [1.29, 1.82) is 0 Å². The highest BCUT2D eigenvalue weighted by Crippen LogP contribution is 2.39. The van der Waals surface area contributed by atoms with Gasteiger partial charge < -0.3 is 24.3 Å². The number of carbonyl (C=O) groups is 1. The summed E-state index contributed by atoms with van der Waals surface area (Å²) in [5.41, 5.74) is 3.51. The lowest BCUT2D eigenvalue weighted by atomic mass is 10.2. The number of rotatable bonds is 4. The average Bonchev–Trinajstić information content (AvgIpc) is 3.62. The maximum atomic E-state index is 12.9. The van der Waals surface area contributed by atoms with Crippen LogP contribution in [0.3, 0.4) is 0 Å². The summed E-state index contributed by atoms with van der Waals surface area (Å²) in [5.74, 6) is 2.17. The fourth-order valence-electron chi connectivity index (χ4n) is 4.37. The minimum atomic E-state index is -0.481. The van der Waals surface area contributed by atoms with E-state index < -0.39 is 6.10 Å². The Labute approximate surface area is 185 Å². The van der Waals surface area contributed by atoms with E-state index in [0.717, 1.165) is 34.2 Å². The summed E-state index contributed by atoms with van der Waals surface area (Å²) in [6.45, 7) is 4.08. The number of nitrogens with one attached hydrogen (secondary N) is 1. The number of pyridine rings is 2. The Hall–Kier alpha value is -3.04. The van der Waals surface area contributed by atoms with Gasteiger partial charge in [0.2, 0.25) is 0 Å². The minimum absolute atomic E-state index is 0.0320. The molecule has 9 nitrogen and oxygen atoms in total. The van der Waals surface area contributed by atoms with E-state index in [1.54, 1.807) is 0 Å². The number of hydrogen-bond donors (Lipinski definition) is 1. The molecule has 3 aliphatic rings. The van der Waals surface area contributed by atoms with Crippen LogP contribution in [-0.4, -0.2) is 82.8 Å². The topological polar surface area (TPSA) is 96.5 Å². The van der Waals surface area contributed by atoms with Crippen LogP contribution in [0.25, 0.3) is 22.7 Å². The molecule has 1 saturated carbocycles. The molecule has 1 amide bonds. The van der Waals surface area contributed by atoms with Crippen molar-refractivity contribution in [2.75, 3.05) is 50.9 Å². The molecule has 1 atom stereocenters. The number of H-pyrrole nitrogens is 1. The molecule has 1 aliphatic carbocycles. The zero-order chi connectivity index (χ0) is 21.5. The molecule has 2 saturated heterocycles. The van der Waals surface area contributed by atoms with Crippen LogP contribution in [0.15, 0.2) is 30.3 Å². The summed E-state index contributed by atoms with van der Waals surface area (Å²) in [4.78, 5) is 34.4. The van der Waals surface area contributed by atoms with E-state index in [9.17, 15) is 4.79 Å². The molecule has 0 spiro atoms. The molecule has 3 fully saturated rings. The third-order valence-electron chi connectivity index (χ3n) is 6.33. The van der Waals surface area contributed by atoms with Crippen LogP contribution in [0.2, 0.25) is 0 Å². The van der Waals surface area contributed by atoms with Crippen LogP contribution in [0.1, 0.15) is 24.5 Å². The predicted molar refractivity (Wildman–Crippen MR) is 118 cm³/mol. The van der Waals surface area contributed by atoms with Crippen LogP contribution >= 0.6 is 0 Å². The number of aromatic amines is 1. The molecule has 0 aromatic carbocycles. The van der Waals surface area contributed by atoms with E-state index in [2.05, 4.69) is 16.0 Å². The first-order valence-corrected chi connectivity index (χ1v) is 11.3. The van der Waals surface area contributed by atoms with E-state index in [1.807, 2.05) is 29.2 Å². The molecular weight excluding hydrogens is 408 g/mol. The van der Waals surface area contributed by atoms with Crippen molar-refractivity contribution < 1.29 is 14.3 Å². The van der Waals surface area contributed by atoms with Gasteiger partial charge in [-0.2, -0.15) is 0 Å². The zero-order valence-corrected chi connectivity index (χ0v) is 17.9. The quantitative estimate of drug-likeness (QED) is 0.671. The molecule has 2 aliphatic heterocycles. The van der Waals surface area contributed by atoms with Gasteiger partial charge in [-0.3, -0.25) is 4.79 Å². The SMILES string of the molecule is O=C([C@H]1CN(c2ccc3nc(-c4cccc(C5CC5)n4)[nH]c3n2)CCO1)N1CCOCC1. The summed E-state index contributed by atoms with van der Waals surface area (Å²) < 4.78 is 11.2. The molecule has 0 unspecified atom stereocenters. The number of amides is 1. The molecular formula is C23H26N6O3. The van der Waals surface area contributed by atoms with Gasteiger partial charge in [0.1, 0.15) is 17.0 Å². The highest BCUT2D eigenvalue weighted by molar-refractivity contribution is 5.82. The Bertz CT molecular complexity index is 1140. The standard InChI is InChI=1S/C23H26N6O3/c30-23(28-8-11-31-12-9-28)19-14-29(10-13-32-19)20-7-6-18-22(26-20)27-21(25-18)17-3-1-2-16(24-17)15-4-5-15/h1-3,6-7,15,19H,4-5,8-14H2,(H,25,26,27)/t19-/m1/s1. The minimum Gasteiger partial charge on any atom is -0.378 e. The number of fused-ring (bicyclic) bond motifs is 1. The van der Waals surface area contributed by atoms with E-state index in [-0.39, 0.29) is 5.91 Å². The molecule has 0 radical (unpaired) electrons. The van der Waals surface area contributed by atoms with Crippen LogP contribution in [-0.2, 0) is 14.3 Å². The molecule has 5 heterocycles. The van der Waals surface area contributed by atoms with Gasteiger partial charge in [0.25, 0.3) is 5.91 Å². The largest absolute Gasteiger partial charge is 0.378 e. The molecule has 9 heteroatoms. The third kappa shape index (κ3) is 3.82. The average molecular weight is 435 g/mol. The number of ether oxygens (including phenoxy) is 2. The van der Waals surface area contributed by atoms with Crippen molar-refractivity contribution in [3.8, 4) is 11.5 Å². The first-order chi connectivity index (χ1) is 15.7. The van der Waals surface area contributed by atoms with Gasteiger partial charge in [-0.1, -0.05) is 6.07 Å². The molecule has 6 rings (SSSR count). The second-order valence-electron chi connectivity index (χ2n) is 8.59. The summed E-state index contributed by atoms with van der Waals surface area (Å²) in [5, 5.41) is 0. The van der Waals surface area contributed by atoms with Gasteiger partial charge in [-0.15, -0.1) is 0 Å². The van der Waals surface area contributed by atoms with E-state index in [0.29, 0.717) is 51.9 Å². The summed E-state index contributed by atoms with van der Waals surface area (Å²) in [6.07, 6.45) is 1.96. The third-order valence-corrected chi connectivity index (χ3v) is 6.33. The smallest absolute Gasteiger partial charge is 0.253 e. The lowest BCUT2D eigenvalue weighted by Gasteiger charge is -2.36. The maximum Gasteiger partial charge on any atom is 0.253 e. The van der Waals surface area contributed by atoms with Crippen molar-refractivity contribution in [2.45, 2.75) is 24.9 Å². The van der Waals surface area contributed by atoms with E-state index in [1.165, 1.54) is 12.8 Å². The summed E-state index contributed by atoms with van der Waals surface area (Å²) >= 11 is 0. The molecule has 3 aromatic rings. The number of carbonyl (C=O) groups excluding carboxylic acids is 1. The first kappa shape index (κ1) is 19.6. The maximum absolute atomic E-state index is 12.9. The second kappa shape index (κ2) is 8.14. The van der Waals surface area contributed by atoms with Crippen LogP contribution < -0.4 is 4.90 Å². The van der Waals surface area contributed by atoms with Crippen LogP contribution in [0.5, 0.6) is 0 Å². The normalized spacial score (nSPS) is 21.8. The van der Waals surface area contributed by atoms with E-state index in [4.69, 9.17) is 24.4 Å².